The molecule has 3 nitrogen and oxygen atoms in total. The second-order valence-corrected chi connectivity index (χ2v) is 6.58. The molecule has 2 aromatic rings. The summed E-state index contributed by atoms with van der Waals surface area (Å²) in [6.45, 7) is 8.39. The normalized spacial score (nSPS) is 11.3. The fourth-order valence-electron chi connectivity index (χ4n) is 2.18. The number of hydrogen-bond donors (Lipinski definition) is 1. The molecule has 0 saturated carbocycles. The Morgan fingerprint density at radius 3 is 2.27 bits per heavy atom. The second-order valence-electron chi connectivity index (χ2n) is 6.58. The van der Waals surface area contributed by atoms with Crippen LogP contribution in [0.5, 0.6) is 5.75 Å². The van der Waals surface area contributed by atoms with E-state index in [1.165, 1.54) is 5.56 Å². The zero-order valence-electron chi connectivity index (χ0n) is 13.6. The minimum absolute atomic E-state index is 0.0118. The highest BCUT2D eigenvalue weighted by molar-refractivity contribution is 5.97. The fourth-order valence-corrected chi connectivity index (χ4v) is 2.18. The average Bonchev–Trinajstić information content (AvgIpc) is 2.45. The first kappa shape index (κ1) is 16.1. The highest BCUT2D eigenvalue weighted by Crippen LogP contribution is 2.24. The summed E-state index contributed by atoms with van der Waals surface area (Å²) in [5.41, 5.74) is 9.42. The number of Topliss-reactive ketones (excluding diaryl/α,β-unsaturated/α-hetero) is 1. The maximum atomic E-state index is 12.2. The number of carbonyl (C=O) groups excluding carboxylic acids is 1. The zero-order chi connectivity index (χ0) is 16.3. The van der Waals surface area contributed by atoms with Crippen molar-refractivity contribution in [2.24, 2.45) is 0 Å². The van der Waals surface area contributed by atoms with E-state index in [9.17, 15) is 4.79 Å². The molecule has 2 rings (SSSR count). The van der Waals surface area contributed by atoms with E-state index in [-0.39, 0.29) is 17.8 Å². The molecule has 0 atom stereocenters. The van der Waals surface area contributed by atoms with Gasteiger partial charge in [-0.2, -0.15) is 0 Å². The maximum absolute atomic E-state index is 12.2. The summed E-state index contributed by atoms with van der Waals surface area (Å²) in [4.78, 5) is 12.2. The van der Waals surface area contributed by atoms with Gasteiger partial charge in [0.15, 0.2) is 12.4 Å². The highest BCUT2D eigenvalue weighted by atomic mass is 16.5. The molecule has 0 spiro atoms. The minimum atomic E-state index is -0.0552. The Morgan fingerprint density at radius 1 is 1.09 bits per heavy atom. The van der Waals surface area contributed by atoms with Crippen LogP contribution in [0.4, 0.5) is 5.69 Å². The molecule has 0 fully saturated rings. The first-order valence-corrected chi connectivity index (χ1v) is 7.40. The number of ether oxygens (including phenoxy) is 1. The predicted molar refractivity (Wildman–Crippen MR) is 90.6 cm³/mol. The number of ketones is 1. The van der Waals surface area contributed by atoms with Crippen LogP contribution in [-0.4, -0.2) is 12.4 Å². The van der Waals surface area contributed by atoms with Crippen molar-refractivity contribution in [3.05, 3.63) is 59.2 Å². The quantitative estimate of drug-likeness (QED) is 0.681. The van der Waals surface area contributed by atoms with Gasteiger partial charge in [0, 0.05) is 5.56 Å². The molecule has 0 heterocycles. The molecule has 0 aliphatic rings. The van der Waals surface area contributed by atoms with Crippen LogP contribution < -0.4 is 10.5 Å². The lowest BCUT2D eigenvalue weighted by Crippen LogP contribution is -2.14. The van der Waals surface area contributed by atoms with Gasteiger partial charge >= 0.3 is 0 Å². The van der Waals surface area contributed by atoms with Gasteiger partial charge in [0.25, 0.3) is 0 Å². The zero-order valence-corrected chi connectivity index (χ0v) is 13.6. The van der Waals surface area contributed by atoms with Crippen molar-refractivity contribution in [2.45, 2.75) is 33.1 Å². The van der Waals surface area contributed by atoms with Gasteiger partial charge in [-0.15, -0.1) is 0 Å². The molecular formula is C19H23NO2. The van der Waals surface area contributed by atoms with Crippen LogP contribution >= 0.6 is 0 Å². The predicted octanol–water partition coefficient (Wildman–Crippen LogP) is 4.14. The summed E-state index contributed by atoms with van der Waals surface area (Å²) < 4.78 is 5.53. The topological polar surface area (TPSA) is 52.3 Å². The second kappa shape index (κ2) is 6.22. The van der Waals surface area contributed by atoms with Gasteiger partial charge in [0.1, 0.15) is 5.75 Å². The lowest BCUT2D eigenvalue weighted by atomic mass is 9.86. The molecule has 3 heteroatoms. The van der Waals surface area contributed by atoms with E-state index < -0.39 is 0 Å². The maximum Gasteiger partial charge on any atom is 0.200 e. The van der Waals surface area contributed by atoms with Crippen LogP contribution in [0, 0.1) is 6.92 Å². The largest absolute Gasteiger partial charge is 0.483 e. The molecule has 0 saturated heterocycles. The Bertz CT molecular complexity index is 667. The van der Waals surface area contributed by atoms with Crippen molar-refractivity contribution in [3.63, 3.8) is 0 Å². The van der Waals surface area contributed by atoms with Crippen molar-refractivity contribution >= 4 is 11.5 Å². The SMILES string of the molecule is Cc1ccc(OCC(=O)c2ccc(C(C)(C)C)cc2)c(N)c1. The number of benzene rings is 2. The third kappa shape index (κ3) is 3.88. The number of carbonyl (C=O) groups is 1. The van der Waals surface area contributed by atoms with Gasteiger partial charge in [0.05, 0.1) is 5.69 Å². The van der Waals surface area contributed by atoms with E-state index >= 15 is 0 Å². The molecule has 0 radical (unpaired) electrons. The van der Waals surface area contributed by atoms with E-state index in [0.29, 0.717) is 17.0 Å². The van der Waals surface area contributed by atoms with Crippen LogP contribution in [0.15, 0.2) is 42.5 Å². The van der Waals surface area contributed by atoms with E-state index in [2.05, 4.69) is 20.8 Å². The van der Waals surface area contributed by atoms with E-state index in [1.807, 2.05) is 43.3 Å². The van der Waals surface area contributed by atoms with Gasteiger partial charge < -0.3 is 10.5 Å². The standard InChI is InChI=1S/C19H23NO2/c1-13-5-10-18(16(20)11-13)22-12-17(21)14-6-8-15(9-7-14)19(2,3)4/h5-11H,12,20H2,1-4H3. The number of aryl methyl sites for hydroxylation is 1. The highest BCUT2D eigenvalue weighted by Gasteiger charge is 2.14. The van der Waals surface area contributed by atoms with Crippen LogP contribution in [0.1, 0.15) is 42.3 Å². The van der Waals surface area contributed by atoms with E-state index in [4.69, 9.17) is 10.5 Å². The minimum Gasteiger partial charge on any atom is -0.483 e. The monoisotopic (exact) mass is 297 g/mol. The number of anilines is 1. The van der Waals surface area contributed by atoms with Crippen molar-refractivity contribution < 1.29 is 9.53 Å². The smallest absolute Gasteiger partial charge is 0.200 e. The Kier molecular flexibility index (Phi) is 4.55. The molecule has 0 amide bonds. The van der Waals surface area contributed by atoms with Crippen LogP contribution in [0.3, 0.4) is 0 Å². The average molecular weight is 297 g/mol. The van der Waals surface area contributed by atoms with Gasteiger partial charge in [-0.1, -0.05) is 51.1 Å². The van der Waals surface area contributed by atoms with Crippen molar-refractivity contribution in [1.82, 2.24) is 0 Å². The Labute approximate surface area is 132 Å². The summed E-state index contributed by atoms with van der Waals surface area (Å²) in [7, 11) is 0. The summed E-state index contributed by atoms with van der Waals surface area (Å²) in [5, 5.41) is 0. The molecular weight excluding hydrogens is 274 g/mol. The Balaban J connectivity index is 2.03. The molecule has 0 aliphatic heterocycles. The lowest BCUT2D eigenvalue weighted by Gasteiger charge is -2.19. The summed E-state index contributed by atoms with van der Waals surface area (Å²) in [5.74, 6) is 0.491. The number of nitrogen functional groups attached to an aromatic ring is 1. The van der Waals surface area contributed by atoms with Crippen LogP contribution in [-0.2, 0) is 5.41 Å². The van der Waals surface area contributed by atoms with Gasteiger partial charge in [-0.05, 0) is 35.6 Å². The lowest BCUT2D eigenvalue weighted by molar-refractivity contribution is 0.0922. The first-order valence-electron chi connectivity index (χ1n) is 7.40. The molecule has 0 unspecified atom stereocenters. The number of nitrogens with two attached hydrogens (primary N) is 1. The molecule has 116 valence electrons. The van der Waals surface area contributed by atoms with Crippen molar-refractivity contribution in [1.29, 1.82) is 0 Å². The summed E-state index contributed by atoms with van der Waals surface area (Å²) >= 11 is 0. The van der Waals surface area contributed by atoms with Crippen LogP contribution in [0.2, 0.25) is 0 Å². The van der Waals surface area contributed by atoms with Gasteiger partial charge in [-0.25, -0.2) is 0 Å². The summed E-state index contributed by atoms with van der Waals surface area (Å²) in [6, 6.07) is 13.2. The third-order valence-electron chi connectivity index (χ3n) is 3.60. The Morgan fingerprint density at radius 2 is 1.73 bits per heavy atom. The van der Waals surface area contributed by atoms with Crippen molar-refractivity contribution in [3.8, 4) is 5.75 Å². The van der Waals surface area contributed by atoms with Gasteiger partial charge in [0.2, 0.25) is 0 Å². The number of hydrogen-bond acceptors (Lipinski definition) is 3. The van der Waals surface area contributed by atoms with E-state index in [1.54, 1.807) is 6.07 Å². The summed E-state index contributed by atoms with van der Waals surface area (Å²) in [6.07, 6.45) is 0. The molecule has 2 aromatic carbocycles. The van der Waals surface area contributed by atoms with Crippen LogP contribution in [0.25, 0.3) is 0 Å². The molecule has 0 bridgehead atoms. The molecule has 0 aliphatic carbocycles. The number of rotatable bonds is 4. The van der Waals surface area contributed by atoms with Gasteiger partial charge in [-0.3, -0.25) is 4.79 Å². The molecule has 0 aromatic heterocycles. The van der Waals surface area contributed by atoms with E-state index in [0.717, 1.165) is 5.56 Å². The molecule has 22 heavy (non-hydrogen) atoms. The fraction of sp³-hybridized carbons (Fsp3) is 0.316. The Hall–Kier alpha value is -2.29. The molecule has 2 N–H and O–H groups in total. The van der Waals surface area contributed by atoms with Crippen molar-refractivity contribution in [2.75, 3.05) is 12.3 Å². The third-order valence-corrected chi connectivity index (χ3v) is 3.60. The first-order chi connectivity index (χ1) is 10.3.